The lowest BCUT2D eigenvalue weighted by Crippen LogP contribution is -2.40. The molecule has 0 bridgehead atoms. The van der Waals surface area contributed by atoms with Gasteiger partial charge in [0, 0.05) is 27.7 Å². The summed E-state index contributed by atoms with van der Waals surface area (Å²) < 4.78 is 5.96. The zero-order valence-corrected chi connectivity index (χ0v) is 12.5. The van der Waals surface area contributed by atoms with Crippen LogP contribution in [0.3, 0.4) is 0 Å². The molecule has 1 amide bonds. The molecule has 112 valence electrons. The lowest BCUT2D eigenvalue weighted by atomic mass is 10.1. The standard InChI is InChI=1S/C13H21N3O4/c1-8-9(2)14-16(4)13(19)11(8)12(18)15(3)6-10(17)7-20-5/h10,17H,6-7H2,1-5H3. The maximum absolute atomic E-state index is 12.4. The van der Waals surface area contributed by atoms with E-state index >= 15 is 0 Å². The van der Waals surface area contributed by atoms with Crippen molar-refractivity contribution in [2.24, 2.45) is 7.05 Å². The Morgan fingerprint density at radius 1 is 1.50 bits per heavy atom. The number of hydrogen-bond acceptors (Lipinski definition) is 5. The molecule has 0 spiro atoms. The molecule has 1 atom stereocenters. The molecule has 7 nitrogen and oxygen atoms in total. The van der Waals surface area contributed by atoms with E-state index in [1.54, 1.807) is 13.8 Å². The number of aliphatic hydroxyl groups is 1. The van der Waals surface area contributed by atoms with Gasteiger partial charge in [0.1, 0.15) is 5.56 Å². The quantitative estimate of drug-likeness (QED) is 0.786. The summed E-state index contributed by atoms with van der Waals surface area (Å²) >= 11 is 0. The van der Waals surface area contributed by atoms with Crippen molar-refractivity contribution in [2.75, 3.05) is 27.3 Å². The molecule has 20 heavy (non-hydrogen) atoms. The van der Waals surface area contributed by atoms with E-state index in [1.807, 2.05) is 0 Å². The zero-order valence-electron chi connectivity index (χ0n) is 12.5. The van der Waals surface area contributed by atoms with E-state index in [2.05, 4.69) is 5.10 Å². The van der Waals surface area contributed by atoms with E-state index in [0.717, 1.165) is 4.68 Å². The lowest BCUT2D eigenvalue weighted by Gasteiger charge is -2.21. The van der Waals surface area contributed by atoms with Crippen LogP contribution in [0.1, 0.15) is 21.6 Å². The number of hydrogen-bond donors (Lipinski definition) is 1. The number of likely N-dealkylation sites (N-methyl/N-ethyl adjacent to an activating group) is 1. The van der Waals surface area contributed by atoms with Crippen LogP contribution < -0.4 is 5.56 Å². The second-order valence-corrected chi connectivity index (χ2v) is 4.81. The normalized spacial score (nSPS) is 12.3. The predicted octanol–water partition coefficient (Wildman–Crippen LogP) is -0.524. The summed E-state index contributed by atoms with van der Waals surface area (Å²) in [6.07, 6.45) is -0.791. The summed E-state index contributed by atoms with van der Waals surface area (Å²) in [4.78, 5) is 25.7. The lowest BCUT2D eigenvalue weighted by molar-refractivity contribution is 0.0378. The summed E-state index contributed by atoms with van der Waals surface area (Å²) in [5.74, 6) is -0.427. The van der Waals surface area contributed by atoms with Crippen LogP contribution in [0, 0.1) is 13.8 Å². The Morgan fingerprint density at radius 3 is 2.65 bits per heavy atom. The Kier molecular flexibility index (Phi) is 5.41. The van der Waals surface area contributed by atoms with Gasteiger partial charge in [0.15, 0.2) is 0 Å². The number of aliphatic hydroxyl groups excluding tert-OH is 1. The minimum atomic E-state index is -0.791. The van der Waals surface area contributed by atoms with Crippen molar-refractivity contribution in [3.8, 4) is 0 Å². The largest absolute Gasteiger partial charge is 0.389 e. The third-order valence-corrected chi connectivity index (χ3v) is 3.13. The molecule has 1 aromatic rings. The highest BCUT2D eigenvalue weighted by Gasteiger charge is 2.22. The highest BCUT2D eigenvalue weighted by Crippen LogP contribution is 2.08. The Bertz CT molecular complexity index is 553. The van der Waals surface area contributed by atoms with Gasteiger partial charge in [-0.15, -0.1) is 0 Å². The minimum absolute atomic E-state index is 0.0899. The van der Waals surface area contributed by atoms with Gasteiger partial charge < -0.3 is 14.7 Å². The molecule has 0 aromatic carbocycles. The van der Waals surface area contributed by atoms with E-state index in [-0.39, 0.29) is 18.7 Å². The van der Waals surface area contributed by atoms with Gasteiger partial charge in [0.25, 0.3) is 11.5 Å². The molecular formula is C13H21N3O4. The Labute approximate surface area is 117 Å². The number of aryl methyl sites for hydroxylation is 2. The summed E-state index contributed by atoms with van der Waals surface area (Å²) in [5, 5.41) is 13.7. The molecule has 0 aliphatic heterocycles. The zero-order chi connectivity index (χ0) is 15.4. The van der Waals surface area contributed by atoms with Gasteiger partial charge >= 0.3 is 0 Å². The van der Waals surface area contributed by atoms with E-state index in [0.29, 0.717) is 11.3 Å². The van der Waals surface area contributed by atoms with Gasteiger partial charge in [-0.1, -0.05) is 0 Å². The Hall–Kier alpha value is -1.73. The van der Waals surface area contributed by atoms with Gasteiger partial charge in [0.05, 0.1) is 18.4 Å². The number of methoxy groups -OCH3 is 1. The van der Waals surface area contributed by atoms with E-state index in [9.17, 15) is 14.7 Å². The third kappa shape index (κ3) is 3.43. The van der Waals surface area contributed by atoms with Crippen molar-refractivity contribution in [1.82, 2.24) is 14.7 Å². The number of ether oxygens (including phenoxy) is 1. The average molecular weight is 283 g/mol. The van der Waals surface area contributed by atoms with Crippen LogP contribution in [0.2, 0.25) is 0 Å². The Balaban J connectivity index is 3.06. The number of nitrogens with zero attached hydrogens (tertiary/aromatic N) is 3. The Morgan fingerprint density at radius 2 is 2.10 bits per heavy atom. The molecule has 0 radical (unpaired) electrons. The van der Waals surface area contributed by atoms with Crippen molar-refractivity contribution in [2.45, 2.75) is 20.0 Å². The fourth-order valence-electron chi connectivity index (χ4n) is 1.94. The topological polar surface area (TPSA) is 84.7 Å². The molecule has 0 saturated heterocycles. The van der Waals surface area contributed by atoms with Crippen molar-refractivity contribution >= 4 is 5.91 Å². The van der Waals surface area contributed by atoms with Gasteiger partial charge in [-0.2, -0.15) is 5.10 Å². The molecule has 0 fully saturated rings. The first kappa shape index (κ1) is 16.3. The van der Waals surface area contributed by atoms with E-state index in [1.165, 1.54) is 26.1 Å². The maximum Gasteiger partial charge on any atom is 0.279 e. The van der Waals surface area contributed by atoms with Gasteiger partial charge in [-0.3, -0.25) is 9.59 Å². The van der Waals surface area contributed by atoms with Crippen LogP contribution >= 0.6 is 0 Å². The summed E-state index contributed by atoms with van der Waals surface area (Å²) in [6, 6.07) is 0. The van der Waals surface area contributed by atoms with Crippen LogP contribution in [0.25, 0.3) is 0 Å². The summed E-state index contributed by atoms with van der Waals surface area (Å²) in [5.41, 5.74) is 0.839. The highest BCUT2D eigenvalue weighted by atomic mass is 16.5. The molecule has 0 aliphatic rings. The SMILES string of the molecule is COCC(O)CN(C)C(=O)c1c(C)c(C)nn(C)c1=O. The monoisotopic (exact) mass is 283 g/mol. The molecule has 7 heteroatoms. The van der Waals surface area contributed by atoms with Crippen molar-refractivity contribution in [3.63, 3.8) is 0 Å². The van der Waals surface area contributed by atoms with Gasteiger partial charge in [0.2, 0.25) is 0 Å². The first-order valence-corrected chi connectivity index (χ1v) is 6.26. The summed E-state index contributed by atoms with van der Waals surface area (Å²) in [6.45, 7) is 3.66. The van der Waals surface area contributed by atoms with Gasteiger partial charge in [-0.05, 0) is 19.4 Å². The van der Waals surface area contributed by atoms with Crippen molar-refractivity contribution in [1.29, 1.82) is 0 Å². The van der Waals surface area contributed by atoms with Crippen LogP contribution in [-0.2, 0) is 11.8 Å². The number of rotatable bonds is 5. The first-order chi connectivity index (χ1) is 9.29. The first-order valence-electron chi connectivity index (χ1n) is 6.26. The van der Waals surface area contributed by atoms with E-state index in [4.69, 9.17) is 4.74 Å². The maximum atomic E-state index is 12.4. The second-order valence-electron chi connectivity index (χ2n) is 4.81. The van der Waals surface area contributed by atoms with Crippen LogP contribution in [0.15, 0.2) is 4.79 Å². The number of carbonyl (C=O) groups is 1. The average Bonchev–Trinajstić information content (AvgIpc) is 2.36. The van der Waals surface area contributed by atoms with Gasteiger partial charge in [-0.25, -0.2) is 4.68 Å². The second kappa shape index (κ2) is 6.62. The highest BCUT2D eigenvalue weighted by molar-refractivity contribution is 5.95. The molecule has 1 heterocycles. The molecule has 1 unspecified atom stereocenters. The van der Waals surface area contributed by atoms with Crippen molar-refractivity contribution in [3.05, 3.63) is 27.2 Å². The fraction of sp³-hybridized carbons (Fsp3) is 0.615. The fourth-order valence-corrected chi connectivity index (χ4v) is 1.94. The van der Waals surface area contributed by atoms with E-state index < -0.39 is 17.6 Å². The predicted molar refractivity (Wildman–Crippen MR) is 73.8 cm³/mol. The van der Waals surface area contributed by atoms with Crippen LogP contribution in [0.5, 0.6) is 0 Å². The molecule has 1 rings (SSSR count). The molecule has 1 aromatic heterocycles. The van der Waals surface area contributed by atoms with Crippen LogP contribution in [-0.4, -0.2) is 59.1 Å². The smallest absolute Gasteiger partial charge is 0.279 e. The minimum Gasteiger partial charge on any atom is -0.389 e. The summed E-state index contributed by atoms with van der Waals surface area (Å²) in [7, 11) is 4.51. The molecule has 0 saturated carbocycles. The number of amides is 1. The van der Waals surface area contributed by atoms with Crippen molar-refractivity contribution < 1.29 is 14.6 Å². The molecule has 0 aliphatic carbocycles. The molecular weight excluding hydrogens is 262 g/mol. The number of carbonyl (C=O) groups excluding carboxylic acids is 1. The third-order valence-electron chi connectivity index (χ3n) is 3.13. The number of aromatic nitrogens is 2. The molecule has 1 N–H and O–H groups in total. The van der Waals surface area contributed by atoms with Crippen LogP contribution in [0.4, 0.5) is 0 Å².